The molecule has 0 amide bonds. The summed E-state index contributed by atoms with van der Waals surface area (Å²) in [5, 5.41) is 8.31. The van der Waals surface area contributed by atoms with Crippen LogP contribution in [0.5, 0.6) is 0 Å². The molecule has 0 rings (SSSR count). The van der Waals surface area contributed by atoms with Crippen LogP contribution in [0.25, 0.3) is 0 Å². The number of aliphatic carboxylic acids is 1. The lowest BCUT2D eigenvalue weighted by Gasteiger charge is -2.02. The van der Waals surface area contributed by atoms with Crippen molar-refractivity contribution in [2.45, 2.75) is 19.3 Å². The molecule has 0 aliphatic carbocycles. The van der Waals surface area contributed by atoms with Crippen LogP contribution in [0.4, 0.5) is 0 Å². The second kappa shape index (κ2) is 6.88. The van der Waals surface area contributed by atoms with Crippen molar-refractivity contribution in [2.75, 3.05) is 6.61 Å². The van der Waals surface area contributed by atoms with E-state index >= 15 is 0 Å². The van der Waals surface area contributed by atoms with Crippen molar-refractivity contribution in [1.29, 1.82) is 0 Å². The van der Waals surface area contributed by atoms with E-state index in [0.29, 0.717) is 12.8 Å². The summed E-state index contributed by atoms with van der Waals surface area (Å²) in [6.07, 6.45) is 2.46. The fourth-order valence-corrected chi connectivity index (χ4v) is 0.719. The highest BCUT2D eigenvalue weighted by molar-refractivity contribution is 5.90. The summed E-state index contributed by atoms with van der Waals surface area (Å²) < 4.78 is 4.77. The molecule has 0 aromatic rings. The van der Waals surface area contributed by atoms with Crippen molar-refractivity contribution in [2.24, 2.45) is 0 Å². The largest absolute Gasteiger partial charge is 0.481 e. The maximum atomic E-state index is 11.0. The minimum absolute atomic E-state index is 0.0972. The molecule has 0 aromatic carbocycles. The van der Waals surface area contributed by atoms with E-state index in [1.807, 2.05) is 0 Å². The number of carboxylic acids is 1. The Morgan fingerprint density at radius 3 is 2.50 bits per heavy atom. The van der Waals surface area contributed by atoms with Gasteiger partial charge in [0, 0.05) is 6.42 Å². The van der Waals surface area contributed by atoms with E-state index in [9.17, 15) is 9.59 Å². The molecule has 4 nitrogen and oxygen atoms in total. The van der Waals surface area contributed by atoms with Crippen molar-refractivity contribution < 1.29 is 19.4 Å². The highest BCUT2D eigenvalue weighted by Gasteiger charge is 2.04. The Morgan fingerprint density at radius 1 is 1.36 bits per heavy atom. The van der Waals surface area contributed by atoms with Crippen LogP contribution in [0.1, 0.15) is 19.3 Å². The van der Waals surface area contributed by atoms with Gasteiger partial charge in [0.05, 0.1) is 12.2 Å². The lowest BCUT2D eigenvalue weighted by atomic mass is 10.2. The van der Waals surface area contributed by atoms with E-state index in [1.165, 1.54) is 6.08 Å². The summed E-state index contributed by atoms with van der Waals surface area (Å²) >= 11 is 0. The fourth-order valence-electron chi connectivity index (χ4n) is 0.719. The molecule has 78 valence electrons. The molecule has 0 heterocycles. The number of carboxylic acid groups (broad SMARTS) is 1. The standard InChI is InChI=1S/C10H14O4/c1-3-8(2)10(13)14-7-5-4-6-9(11)12/h3H,1-2,4-7H2,(H,11,12). The van der Waals surface area contributed by atoms with Crippen molar-refractivity contribution in [3.05, 3.63) is 24.8 Å². The first-order valence-electron chi connectivity index (χ1n) is 4.28. The van der Waals surface area contributed by atoms with Gasteiger partial charge in [0.25, 0.3) is 0 Å². The Balaban J connectivity index is 3.45. The van der Waals surface area contributed by atoms with Gasteiger partial charge in [-0.15, -0.1) is 0 Å². The first-order chi connectivity index (χ1) is 6.57. The maximum Gasteiger partial charge on any atom is 0.337 e. The highest BCUT2D eigenvalue weighted by atomic mass is 16.5. The lowest BCUT2D eigenvalue weighted by Crippen LogP contribution is -2.07. The Labute approximate surface area is 82.9 Å². The monoisotopic (exact) mass is 198 g/mol. The Bertz CT molecular complexity index is 243. The maximum absolute atomic E-state index is 11.0. The number of esters is 1. The Hall–Kier alpha value is -1.58. The van der Waals surface area contributed by atoms with Gasteiger partial charge >= 0.3 is 11.9 Å². The van der Waals surface area contributed by atoms with Gasteiger partial charge in [-0.05, 0) is 12.8 Å². The van der Waals surface area contributed by atoms with Crippen LogP contribution in [0.3, 0.4) is 0 Å². The predicted molar refractivity (Wildman–Crippen MR) is 51.8 cm³/mol. The molecule has 0 fully saturated rings. The molecule has 0 aliphatic rings. The van der Waals surface area contributed by atoms with Crippen LogP contribution < -0.4 is 0 Å². The third-order valence-corrected chi connectivity index (χ3v) is 1.53. The van der Waals surface area contributed by atoms with Gasteiger partial charge in [-0.3, -0.25) is 4.79 Å². The molecular formula is C10H14O4. The Morgan fingerprint density at radius 2 is 2.00 bits per heavy atom. The average Bonchev–Trinajstić information content (AvgIpc) is 2.15. The van der Waals surface area contributed by atoms with Crippen molar-refractivity contribution >= 4 is 11.9 Å². The number of rotatable bonds is 7. The molecule has 0 bridgehead atoms. The van der Waals surface area contributed by atoms with Crippen molar-refractivity contribution in [3.63, 3.8) is 0 Å². The van der Waals surface area contributed by atoms with Gasteiger partial charge in [0.15, 0.2) is 0 Å². The summed E-state index contributed by atoms with van der Waals surface area (Å²) in [5.41, 5.74) is 0.211. The van der Waals surface area contributed by atoms with E-state index < -0.39 is 11.9 Å². The van der Waals surface area contributed by atoms with Crippen LogP contribution in [-0.2, 0) is 14.3 Å². The molecule has 0 saturated carbocycles. The van der Waals surface area contributed by atoms with Crippen LogP contribution in [-0.4, -0.2) is 23.7 Å². The molecule has 0 aromatic heterocycles. The van der Waals surface area contributed by atoms with Crippen molar-refractivity contribution in [3.8, 4) is 0 Å². The van der Waals surface area contributed by atoms with Gasteiger partial charge in [0.2, 0.25) is 0 Å². The van der Waals surface area contributed by atoms with Crippen LogP contribution >= 0.6 is 0 Å². The van der Waals surface area contributed by atoms with Gasteiger partial charge in [-0.25, -0.2) is 4.79 Å². The van der Waals surface area contributed by atoms with Gasteiger partial charge in [-0.2, -0.15) is 0 Å². The molecule has 14 heavy (non-hydrogen) atoms. The quantitative estimate of drug-likeness (QED) is 0.291. The van der Waals surface area contributed by atoms with E-state index in [1.54, 1.807) is 0 Å². The third kappa shape index (κ3) is 5.99. The molecule has 0 saturated heterocycles. The van der Waals surface area contributed by atoms with E-state index in [2.05, 4.69) is 13.2 Å². The summed E-state index contributed by atoms with van der Waals surface area (Å²) in [5.74, 6) is -1.35. The predicted octanol–water partition coefficient (Wildman–Crippen LogP) is 1.53. The number of carbonyl (C=O) groups excluding carboxylic acids is 1. The summed E-state index contributed by atoms with van der Waals surface area (Å²) in [6.45, 7) is 7.01. The van der Waals surface area contributed by atoms with E-state index in [0.717, 1.165) is 0 Å². The van der Waals surface area contributed by atoms with Gasteiger partial charge in [-0.1, -0.05) is 19.2 Å². The molecule has 0 spiro atoms. The highest BCUT2D eigenvalue weighted by Crippen LogP contribution is 1.99. The summed E-state index contributed by atoms with van der Waals surface area (Å²) in [4.78, 5) is 21.1. The molecule has 0 unspecified atom stereocenters. The number of ether oxygens (including phenoxy) is 1. The van der Waals surface area contributed by atoms with Crippen LogP contribution in [0, 0.1) is 0 Å². The summed E-state index contributed by atoms with van der Waals surface area (Å²) in [6, 6.07) is 0. The first kappa shape index (κ1) is 12.4. The summed E-state index contributed by atoms with van der Waals surface area (Å²) in [7, 11) is 0. The molecule has 0 radical (unpaired) electrons. The average molecular weight is 198 g/mol. The second-order valence-electron chi connectivity index (χ2n) is 2.72. The van der Waals surface area contributed by atoms with Gasteiger partial charge < -0.3 is 9.84 Å². The number of hydrogen-bond donors (Lipinski definition) is 1. The Kier molecular flexibility index (Phi) is 6.11. The van der Waals surface area contributed by atoms with Crippen molar-refractivity contribution in [1.82, 2.24) is 0 Å². The number of carbonyl (C=O) groups is 2. The molecule has 0 aliphatic heterocycles. The zero-order chi connectivity index (χ0) is 11.0. The normalized spacial score (nSPS) is 9.14. The molecular weight excluding hydrogens is 184 g/mol. The third-order valence-electron chi connectivity index (χ3n) is 1.53. The van der Waals surface area contributed by atoms with E-state index in [4.69, 9.17) is 9.84 Å². The number of hydrogen-bond acceptors (Lipinski definition) is 3. The van der Waals surface area contributed by atoms with Crippen LogP contribution in [0.15, 0.2) is 24.8 Å². The second-order valence-corrected chi connectivity index (χ2v) is 2.72. The SMILES string of the molecule is C=CC(=C)C(=O)OCCCCC(=O)O. The molecule has 0 atom stereocenters. The zero-order valence-electron chi connectivity index (χ0n) is 7.99. The lowest BCUT2D eigenvalue weighted by molar-refractivity contribution is -0.138. The molecule has 4 heteroatoms. The first-order valence-corrected chi connectivity index (χ1v) is 4.28. The fraction of sp³-hybridized carbons (Fsp3) is 0.400. The zero-order valence-corrected chi connectivity index (χ0v) is 7.99. The minimum Gasteiger partial charge on any atom is -0.481 e. The van der Waals surface area contributed by atoms with Gasteiger partial charge in [0.1, 0.15) is 0 Å². The number of unbranched alkanes of at least 4 members (excludes halogenated alkanes) is 1. The minimum atomic E-state index is -0.841. The van der Waals surface area contributed by atoms with Crippen LogP contribution in [0.2, 0.25) is 0 Å². The topological polar surface area (TPSA) is 63.6 Å². The van der Waals surface area contributed by atoms with E-state index in [-0.39, 0.29) is 18.6 Å². The molecule has 1 N–H and O–H groups in total. The smallest absolute Gasteiger partial charge is 0.337 e.